The second kappa shape index (κ2) is 9.33. The van der Waals surface area contributed by atoms with E-state index in [0.717, 1.165) is 63.4 Å². The zero-order valence-corrected chi connectivity index (χ0v) is 22.7. The molecule has 0 radical (unpaired) electrons. The molecule has 2 aromatic carbocycles. The first-order valence-electron chi connectivity index (χ1n) is 13.6. The lowest BCUT2D eigenvalue weighted by Gasteiger charge is -2.34. The van der Waals surface area contributed by atoms with Crippen LogP contribution in [-0.2, 0) is 0 Å². The summed E-state index contributed by atoms with van der Waals surface area (Å²) >= 11 is 6.66. The second-order valence-electron chi connectivity index (χ2n) is 11.6. The van der Waals surface area contributed by atoms with Crippen molar-refractivity contribution in [1.29, 1.82) is 0 Å². The first-order chi connectivity index (χ1) is 18.5. The zero-order chi connectivity index (χ0) is 25.9. The molecule has 4 heterocycles. The largest absolute Gasteiger partial charge is 0.463 e. The summed E-state index contributed by atoms with van der Waals surface area (Å²) in [7, 11) is 4.24. The van der Waals surface area contributed by atoms with E-state index in [9.17, 15) is 0 Å². The Labute approximate surface area is 228 Å². The van der Waals surface area contributed by atoms with Gasteiger partial charge in [0.05, 0.1) is 12.1 Å². The summed E-state index contributed by atoms with van der Waals surface area (Å²) < 4.78 is 6.34. The van der Waals surface area contributed by atoms with Crippen molar-refractivity contribution in [3.63, 3.8) is 0 Å². The molecule has 1 N–H and O–H groups in total. The van der Waals surface area contributed by atoms with Crippen LogP contribution >= 0.6 is 11.6 Å². The lowest BCUT2D eigenvalue weighted by molar-refractivity contribution is 0.183. The van der Waals surface area contributed by atoms with Crippen LogP contribution in [-0.4, -0.2) is 72.3 Å². The molecule has 7 nitrogen and oxygen atoms in total. The number of hydrogen-bond donors (Lipinski definition) is 1. The van der Waals surface area contributed by atoms with Crippen molar-refractivity contribution >= 4 is 39.2 Å². The number of aromatic nitrogens is 3. The highest BCUT2D eigenvalue weighted by Crippen LogP contribution is 2.46. The molecule has 38 heavy (non-hydrogen) atoms. The van der Waals surface area contributed by atoms with E-state index in [-0.39, 0.29) is 5.41 Å². The summed E-state index contributed by atoms with van der Waals surface area (Å²) in [6.07, 6.45) is 6.71. The monoisotopic (exact) mass is 528 g/mol. The normalized spacial score (nSPS) is 21.9. The maximum absolute atomic E-state index is 6.66. The summed E-state index contributed by atoms with van der Waals surface area (Å²) in [5, 5.41) is 6.59. The number of fused-ring (bicyclic) bond motifs is 4. The maximum atomic E-state index is 6.66. The maximum Gasteiger partial charge on any atom is 0.319 e. The van der Waals surface area contributed by atoms with Gasteiger partial charge < -0.3 is 19.9 Å². The van der Waals surface area contributed by atoms with Crippen LogP contribution in [0, 0.1) is 5.41 Å². The molecule has 3 aliphatic rings. The number of halogens is 1. The molecule has 2 saturated heterocycles. The zero-order valence-electron chi connectivity index (χ0n) is 22.0. The Balaban J connectivity index is 1.31. The Morgan fingerprint density at radius 3 is 2.58 bits per heavy atom. The molecular weight excluding hydrogens is 496 g/mol. The number of piperazine rings is 1. The summed E-state index contributed by atoms with van der Waals surface area (Å²) in [6.45, 7) is 3.50. The summed E-state index contributed by atoms with van der Waals surface area (Å²) in [4.78, 5) is 19.4. The molecule has 1 saturated carbocycles. The summed E-state index contributed by atoms with van der Waals surface area (Å²) in [5.74, 6) is 0.878. The van der Waals surface area contributed by atoms with Gasteiger partial charge in [0.15, 0.2) is 5.82 Å². The minimum atomic E-state index is 0.204. The smallest absolute Gasteiger partial charge is 0.319 e. The molecule has 0 amide bonds. The van der Waals surface area contributed by atoms with Gasteiger partial charge in [-0.15, -0.1) is 0 Å². The van der Waals surface area contributed by atoms with E-state index < -0.39 is 0 Å². The van der Waals surface area contributed by atoms with Gasteiger partial charge in [-0.3, -0.25) is 4.98 Å². The molecule has 8 heteroatoms. The Hall–Kier alpha value is -3.00. The molecule has 2 aromatic heterocycles. The van der Waals surface area contributed by atoms with Crippen LogP contribution in [0.25, 0.3) is 32.9 Å². The number of hydrogen-bond acceptors (Lipinski definition) is 7. The topological polar surface area (TPSA) is 66.4 Å². The van der Waals surface area contributed by atoms with Crippen molar-refractivity contribution in [2.75, 3.05) is 45.2 Å². The molecule has 2 atom stereocenters. The van der Waals surface area contributed by atoms with Crippen LogP contribution in [0.3, 0.4) is 0 Å². The highest BCUT2D eigenvalue weighted by Gasteiger charge is 2.44. The van der Waals surface area contributed by atoms with Gasteiger partial charge in [-0.25, -0.2) is 0 Å². The molecule has 3 fully saturated rings. The van der Waals surface area contributed by atoms with Crippen LogP contribution in [0.1, 0.15) is 25.7 Å². The number of nitrogens with one attached hydrogen (secondary N) is 1. The highest BCUT2D eigenvalue weighted by atomic mass is 35.5. The fourth-order valence-electron chi connectivity index (χ4n) is 6.33. The van der Waals surface area contributed by atoms with Gasteiger partial charge in [-0.1, -0.05) is 41.9 Å². The first kappa shape index (κ1) is 24.1. The van der Waals surface area contributed by atoms with Gasteiger partial charge in [0, 0.05) is 59.3 Å². The van der Waals surface area contributed by atoms with Crippen molar-refractivity contribution in [1.82, 2.24) is 25.2 Å². The van der Waals surface area contributed by atoms with Gasteiger partial charge in [-0.05, 0) is 62.9 Å². The quantitative estimate of drug-likeness (QED) is 0.355. The fraction of sp³-hybridized carbons (Fsp3) is 0.433. The van der Waals surface area contributed by atoms with Gasteiger partial charge >= 0.3 is 6.01 Å². The van der Waals surface area contributed by atoms with Crippen molar-refractivity contribution in [2.24, 2.45) is 5.41 Å². The van der Waals surface area contributed by atoms with E-state index in [2.05, 4.69) is 59.5 Å². The predicted octanol–water partition coefficient (Wildman–Crippen LogP) is 5.16. The number of benzene rings is 2. The Morgan fingerprint density at radius 2 is 1.84 bits per heavy atom. The lowest BCUT2D eigenvalue weighted by Crippen LogP contribution is -2.51. The molecular formula is C30H33ClN6O. The Bertz CT molecular complexity index is 1500. The van der Waals surface area contributed by atoms with Crippen molar-refractivity contribution in [3.8, 4) is 17.1 Å². The lowest BCUT2D eigenvalue weighted by atomic mass is 9.99. The third kappa shape index (κ3) is 4.46. The SMILES string of the molecule is CN(C)CC1(COc2nc(N3CC4CCC(C3)N4)c3ncc(-c4cccc5cccc(Cl)c45)cc3n2)CC1. The molecule has 7 rings (SSSR count). The van der Waals surface area contributed by atoms with Crippen molar-refractivity contribution in [2.45, 2.75) is 37.8 Å². The summed E-state index contributed by atoms with van der Waals surface area (Å²) in [6, 6.07) is 15.8. The molecule has 4 aromatic rings. The molecule has 2 unspecified atom stereocenters. The Kier molecular flexibility index (Phi) is 5.91. The third-order valence-corrected chi connectivity index (χ3v) is 8.61. The molecule has 2 bridgehead atoms. The molecule has 196 valence electrons. The molecule has 1 aliphatic carbocycles. The number of nitrogens with zero attached hydrogens (tertiary/aromatic N) is 5. The van der Waals surface area contributed by atoms with E-state index in [0.29, 0.717) is 24.7 Å². The minimum absolute atomic E-state index is 0.204. The molecule has 2 aliphatic heterocycles. The van der Waals surface area contributed by atoms with E-state index in [1.807, 2.05) is 18.3 Å². The predicted molar refractivity (Wildman–Crippen MR) is 153 cm³/mol. The van der Waals surface area contributed by atoms with Gasteiger partial charge in [-0.2, -0.15) is 9.97 Å². The number of anilines is 1. The fourth-order valence-corrected chi connectivity index (χ4v) is 6.62. The minimum Gasteiger partial charge on any atom is -0.463 e. The van der Waals surface area contributed by atoms with Crippen molar-refractivity contribution in [3.05, 3.63) is 53.7 Å². The van der Waals surface area contributed by atoms with E-state index in [1.54, 1.807) is 0 Å². The Morgan fingerprint density at radius 1 is 1.08 bits per heavy atom. The van der Waals surface area contributed by atoms with Crippen LogP contribution in [0.5, 0.6) is 6.01 Å². The van der Waals surface area contributed by atoms with E-state index in [4.69, 9.17) is 31.3 Å². The van der Waals surface area contributed by atoms with Crippen LogP contribution in [0.2, 0.25) is 5.02 Å². The van der Waals surface area contributed by atoms with Crippen LogP contribution in [0.15, 0.2) is 48.7 Å². The van der Waals surface area contributed by atoms with Crippen LogP contribution < -0.4 is 15.0 Å². The number of ether oxygens (including phenoxy) is 1. The van der Waals surface area contributed by atoms with Crippen molar-refractivity contribution < 1.29 is 4.74 Å². The molecule has 0 spiro atoms. The number of rotatable bonds is 7. The van der Waals surface area contributed by atoms with Gasteiger partial charge in [0.1, 0.15) is 5.52 Å². The average molecular weight is 529 g/mol. The van der Waals surface area contributed by atoms with Gasteiger partial charge in [0.25, 0.3) is 0 Å². The third-order valence-electron chi connectivity index (χ3n) is 8.29. The number of pyridine rings is 1. The highest BCUT2D eigenvalue weighted by molar-refractivity contribution is 6.36. The summed E-state index contributed by atoms with van der Waals surface area (Å²) in [5.41, 5.74) is 3.86. The first-order valence-corrected chi connectivity index (χ1v) is 14.0. The second-order valence-corrected chi connectivity index (χ2v) is 12.0. The van der Waals surface area contributed by atoms with E-state index in [1.165, 1.54) is 25.7 Å². The van der Waals surface area contributed by atoms with Crippen LogP contribution in [0.4, 0.5) is 5.82 Å². The van der Waals surface area contributed by atoms with E-state index >= 15 is 0 Å². The average Bonchev–Trinajstić information content (AvgIpc) is 3.59. The van der Waals surface area contributed by atoms with Gasteiger partial charge in [0.2, 0.25) is 0 Å². The standard InChI is InChI=1S/C30H33ClN6O/c1-36(2)17-30(11-12-30)18-38-29-34-25-13-20(23-7-3-5-19-6-4-8-24(31)26(19)23)14-32-27(25)28(35-29)37-15-21-9-10-22(16-37)33-21/h3-8,13-14,21-22,33H,9-12,15-18H2,1-2H3.